The minimum absolute atomic E-state index is 0.00722. The number of rotatable bonds is 5. The summed E-state index contributed by atoms with van der Waals surface area (Å²) in [6.07, 6.45) is 2.79. The van der Waals surface area contributed by atoms with Gasteiger partial charge in [0, 0.05) is 25.6 Å². The highest BCUT2D eigenvalue weighted by Gasteiger charge is 2.34. The van der Waals surface area contributed by atoms with Gasteiger partial charge in [0.25, 0.3) is 5.91 Å². The Hall–Kier alpha value is -2.11. The van der Waals surface area contributed by atoms with E-state index in [0.717, 1.165) is 43.0 Å². The molecule has 0 radical (unpaired) electrons. The van der Waals surface area contributed by atoms with Crippen molar-refractivity contribution in [3.8, 4) is 0 Å². The predicted molar refractivity (Wildman–Crippen MR) is 95.4 cm³/mol. The van der Waals surface area contributed by atoms with Crippen LogP contribution < -0.4 is 0 Å². The second kappa shape index (κ2) is 7.02. The lowest BCUT2D eigenvalue weighted by molar-refractivity contribution is 0.0719. The number of aromatic nitrogens is 3. The molecule has 0 unspecified atom stereocenters. The quantitative estimate of drug-likeness (QED) is 0.829. The highest BCUT2D eigenvalue weighted by atomic mass is 16.5. The first-order chi connectivity index (χ1) is 11.9. The maximum Gasteiger partial charge on any atom is 0.272 e. The predicted octanol–water partition coefficient (Wildman–Crippen LogP) is 3.71. The van der Waals surface area contributed by atoms with Gasteiger partial charge in [-0.15, -0.1) is 0 Å². The minimum atomic E-state index is -0.00722. The summed E-state index contributed by atoms with van der Waals surface area (Å²) in [7, 11) is 1.84. The van der Waals surface area contributed by atoms with Gasteiger partial charge in [-0.2, -0.15) is 5.10 Å². The average molecular weight is 344 g/mol. The Balaban J connectivity index is 1.82. The van der Waals surface area contributed by atoms with E-state index in [4.69, 9.17) is 4.52 Å². The van der Waals surface area contributed by atoms with Crippen LogP contribution in [0.4, 0.5) is 0 Å². The van der Waals surface area contributed by atoms with Crippen molar-refractivity contribution < 1.29 is 9.32 Å². The minimum Gasteiger partial charge on any atom is -0.361 e. The zero-order valence-corrected chi connectivity index (χ0v) is 15.8. The van der Waals surface area contributed by atoms with E-state index in [2.05, 4.69) is 38.0 Å². The van der Waals surface area contributed by atoms with Crippen LogP contribution in [0.2, 0.25) is 0 Å². The SMILES string of the molecule is CC(C)Cc1cc(C(=O)N2CCC[C@H]2c2cc(C(C)C)on2)n(C)n1. The van der Waals surface area contributed by atoms with Crippen LogP contribution in [-0.4, -0.2) is 32.3 Å². The molecule has 3 rings (SSSR count). The third-order valence-electron chi connectivity index (χ3n) is 4.74. The van der Waals surface area contributed by atoms with Crippen molar-refractivity contribution in [2.75, 3.05) is 6.54 Å². The molecule has 25 heavy (non-hydrogen) atoms. The van der Waals surface area contributed by atoms with Crippen LogP contribution in [0.5, 0.6) is 0 Å². The van der Waals surface area contributed by atoms with Gasteiger partial charge in [-0.05, 0) is 31.2 Å². The van der Waals surface area contributed by atoms with Crippen molar-refractivity contribution in [1.29, 1.82) is 0 Å². The number of hydrogen-bond acceptors (Lipinski definition) is 4. The molecule has 0 saturated carbocycles. The van der Waals surface area contributed by atoms with Gasteiger partial charge < -0.3 is 9.42 Å². The van der Waals surface area contributed by atoms with Gasteiger partial charge in [-0.25, -0.2) is 0 Å². The molecule has 1 aliphatic rings. The van der Waals surface area contributed by atoms with E-state index in [1.165, 1.54) is 0 Å². The summed E-state index contributed by atoms with van der Waals surface area (Å²) in [6, 6.07) is 3.92. The molecule has 2 aromatic rings. The Labute approximate surface area is 149 Å². The number of aryl methyl sites for hydroxylation is 1. The molecule has 0 N–H and O–H groups in total. The average Bonchev–Trinajstić information content (AvgIpc) is 3.24. The molecular formula is C19H28N4O2. The van der Waals surface area contributed by atoms with E-state index in [1.807, 2.05) is 24.1 Å². The van der Waals surface area contributed by atoms with Crippen LogP contribution in [-0.2, 0) is 13.5 Å². The van der Waals surface area contributed by atoms with Crippen LogP contribution in [0.15, 0.2) is 16.7 Å². The molecule has 1 fully saturated rings. The van der Waals surface area contributed by atoms with E-state index in [9.17, 15) is 4.79 Å². The molecule has 0 bridgehead atoms. The molecule has 1 aliphatic heterocycles. The number of amides is 1. The van der Waals surface area contributed by atoms with E-state index in [-0.39, 0.29) is 11.9 Å². The Morgan fingerprint density at radius 3 is 2.72 bits per heavy atom. The van der Waals surface area contributed by atoms with Gasteiger partial charge in [0.05, 0.1) is 11.7 Å². The molecule has 1 saturated heterocycles. The summed E-state index contributed by atoms with van der Waals surface area (Å²) in [5.74, 6) is 1.71. The molecule has 2 aromatic heterocycles. The van der Waals surface area contributed by atoms with Gasteiger partial charge in [0.15, 0.2) is 0 Å². The van der Waals surface area contributed by atoms with Gasteiger partial charge in [-0.3, -0.25) is 9.48 Å². The molecule has 1 amide bonds. The first kappa shape index (κ1) is 17.7. The molecule has 1 atom stereocenters. The van der Waals surface area contributed by atoms with Crippen LogP contribution in [0.25, 0.3) is 0 Å². The zero-order valence-electron chi connectivity index (χ0n) is 15.8. The summed E-state index contributed by atoms with van der Waals surface area (Å²) >= 11 is 0. The Morgan fingerprint density at radius 2 is 2.08 bits per heavy atom. The first-order valence-electron chi connectivity index (χ1n) is 9.17. The number of carbonyl (C=O) groups excluding carboxylic acids is 1. The number of carbonyl (C=O) groups is 1. The fourth-order valence-electron chi connectivity index (χ4n) is 3.44. The van der Waals surface area contributed by atoms with Crippen LogP contribution in [0.3, 0.4) is 0 Å². The lowest BCUT2D eigenvalue weighted by Gasteiger charge is -2.22. The number of nitrogens with zero attached hydrogens (tertiary/aromatic N) is 4. The zero-order chi connectivity index (χ0) is 18.1. The standard InChI is InChI=1S/C19H28N4O2/c1-12(2)9-14-10-17(22(5)20-14)19(24)23-8-6-7-16(23)15-11-18(13(3)4)25-21-15/h10-13,16H,6-9H2,1-5H3/t16-/m0/s1. The second-order valence-electron chi connectivity index (χ2n) is 7.71. The molecule has 0 spiro atoms. The third-order valence-corrected chi connectivity index (χ3v) is 4.74. The molecule has 136 valence electrons. The van der Waals surface area contributed by atoms with Crippen molar-refractivity contribution in [3.05, 3.63) is 35.0 Å². The van der Waals surface area contributed by atoms with Crippen LogP contribution >= 0.6 is 0 Å². The topological polar surface area (TPSA) is 64.2 Å². The van der Waals surface area contributed by atoms with E-state index < -0.39 is 0 Å². The summed E-state index contributed by atoms with van der Waals surface area (Å²) in [6.45, 7) is 9.21. The number of likely N-dealkylation sites (tertiary alicyclic amines) is 1. The first-order valence-corrected chi connectivity index (χ1v) is 9.17. The highest BCUT2D eigenvalue weighted by Crippen LogP contribution is 2.33. The Bertz CT molecular complexity index is 744. The van der Waals surface area contributed by atoms with Crippen molar-refractivity contribution >= 4 is 5.91 Å². The molecule has 6 heteroatoms. The fourth-order valence-corrected chi connectivity index (χ4v) is 3.44. The van der Waals surface area contributed by atoms with Gasteiger partial charge in [0.1, 0.15) is 17.1 Å². The lowest BCUT2D eigenvalue weighted by Crippen LogP contribution is -2.32. The normalized spacial score (nSPS) is 17.9. The monoisotopic (exact) mass is 344 g/mol. The Kier molecular flexibility index (Phi) is 4.97. The van der Waals surface area contributed by atoms with Crippen molar-refractivity contribution in [2.24, 2.45) is 13.0 Å². The van der Waals surface area contributed by atoms with E-state index in [0.29, 0.717) is 17.5 Å². The van der Waals surface area contributed by atoms with E-state index >= 15 is 0 Å². The summed E-state index contributed by atoms with van der Waals surface area (Å²) in [5.41, 5.74) is 2.48. The van der Waals surface area contributed by atoms with Gasteiger partial charge in [-0.1, -0.05) is 32.9 Å². The van der Waals surface area contributed by atoms with Crippen molar-refractivity contribution in [2.45, 2.75) is 58.9 Å². The van der Waals surface area contributed by atoms with Crippen molar-refractivity contribution in [1.82, 2.24) is 19.8 Å². The highest BCUT2D eigenvalue weighted by molar-refractivity contribution is 5.93. The Morgan fingerprint density at radius 1 is 1.32 bits per heavy atom. The molecule has 3 heterocycles. The summed E-state index contributed by atoms with van der Waals surface area (Å²) < 4.78 is 7.14. The smallest absolute Gasteiger partial charge is 0.272 e. The maximum atomic E-state index is 13.1. The maximum absolute atomic E-state index is 13.1. The van der Waals surface area contributed by atoms with Gasteiger partial charge >= 0.3 is 0 Å². The largest absolute Gasteiger partial charge is 0.361 e. The van der Waals surface area contributed by atoms with Crippen LogP contribution in [0.1, 0.15) is 80.1 Å². The lowest BCUT2D eigenvalue weighted by atomic mass is 10.1. The van der Waals surface area contributed by atoms with Gasteiger partial charge in [0.2, 0.25) is 0 Å². The van der Waals surface area contributed by atoms with E-state index in [1.54, 1.807) is 4.68 Å². The molecule has 0 aromatic carbocycles. The molecule has 0 aliphatic carbocycles. The molecular weight excluding hydrogens is 316 g/mol. The molecule has 6 nitrogen and oxygen atoms in total. The summed E-state index contributed by atoms with van der Waals surface area (Å²) in [4.78, 5) is 15.0. The fraction of sp³-hybridized carbons (Fsp3) is 0.632. The number of hydrogen-bond donors (Lipinski definition) is 0. The van der Waals surface area contributed by atoms with Crippen molar-refractivity contribution in [3.63, 3.8) is 0 Å². The summed E-state index contributed by atoms with van der Waals surface area (Å²) in [5, 5.41) is 8.72. The van der Waals surface area contributed by atoms with Crippen LogP contribution in [0, 0.1) is 5.92 Å². The second-order valence-corrected chi connectivity index (χ2v) is 7.71. The third kappa shape index (κ3) is 3.62.